The van der Waals surface area contributed by atoms with Crippen LogP contribution in [0.3, 0.4) is 0 Å². The van der Waals surface area contributed by atoms with Crippen LogP contribution in [-0.2, 0) is 21.0 Å². The highest BCUT2D eigenvalue weighted by Gasteiger charge is 2.31. The lowest BCUT2D eigenvalue weighted by Crippen LogP contribution is -2.33. The zero-order valence-electron chi connectivity index (χ0n) is 13.2. The Kier molecular flexibility index (Phi) is 4.84. The quantitative estimate of drug-likeness (QED) is 0.922. The number of carbonyl (C=O) groups excluding carboxylic acids is 1. The second-order valence-corrected chi connectivity index (χ2v) is 8.07. The van der Waals surface area contributed by atoms with Crippen LogP contribution >= 0.6 is 0 Å². The molecule has 21 heavy (non-hydrogen) atoms. The Morgan fingerprint density at radius 3 is 2.43 bits per heavy atom. The molecule has 4 nitrogen and oxygen atoms in total. The molecule has 2 atom stereocenters. The number of amides is 1. The number of hydrogen-bond donors (Lipinski definition) is 1. The van der Waals surface area contributed by atoms with E-state index in [0.717, 1.165) is 5.56 Å². The predicted octanol–water partition coefficient (Wildman–Crippen LogP) is 1.79. The van der Waals surface area contributed by atoms with Crippen LogP contribution in [-0.4, -0.2) is 40.1 Å². The molecule has 1 N–H and O–H groups in total. The van der Waals surface area contributed by atoms with Crippen LogP contribution in [0.4, 0.5) is 0 Å². The summed E-state index contributed by atoms with van der Waals surface area (Å²) in [4.78, 5) is 13.7. The van der Waals surface area contributed by atoms with Gasteiger partial charge in [-0.05, 0) is 16.5 Å². The molecule has 1 aromatic rings. The largest absolute Gasteiger partial charge is 0.321 e. The van der Waals surface area contributed by atoms with E-state index in [2.05, 4.69) is 50.4 Å². The molecule has 0 bridgehead atoms. The van der Waals surface area contributed by atoms with Crippen LogP contribution in [0.2, 0.25) is 0 Å². The molecular weight excluding hydrogens is 284 g/mol. The molecule has 0 aromatic heterocycles. The molecule has 116 valence electrons. The molecule has 1 aliphatic rings. The maximum atomic E-state index is 12.0. The fourth-order valence-electron chi connectivity index (χ4n) is 2.48. The van der Waals surface area contributed by atoms with Crippen LogP contribution in [0.5, 0.6) is 0 Å². The van der Waals surface area contributed by atoms with Crippen molar-refractivity contribution < 1.29 is 9.00 Å². The van der Waals surface area contributed by atoms with Crippen molar-refractivity contribution in [2.24, 2.45) is 0 Å². The summed E-state index contributed by atoms with van der Waals surface area (Å²) in [6, 6.07) is 8.39. The number of hydrogen-bond acceptors (Lipinski definition) is 3. The number of nitrogens with one attached hydrogen (secondary N) is 1. The lowest BCUT2D eigenvalue weighted by Gasteiger charge is -2.25. The fraction of sp³-hybridized carbons (Fsp3) is 0.562. The van der Waals surface area contributed by atoms with Crippen molar-refractivity contribution in [3.05, 3.63) is 35.4 Å². The third-order valence-electron chi connectivity index (χ3n) is 3.79. The number of nitrogens with zero attached hydrogens (tertiary/aromatic N) is 1. The highest BCUT2D eigenvalue weighted by molar-refractivity contribution is 7.84. The smallest absolute Gasteiger partial charge is 0.238 e. The van der Waals surface area contributed by atoms with Crippen molar-refractivity contribution in [2.75, 3.05) is 25.1 Å². The maximum Gasteiger partial charge on any atom is 0.238 e. The molecular formula is C16H24N2O2S. The Hall–Kier alpha value is -1.20. The van der Waals surface area contributed by atoms with Crippen LogP contribution < -0.4 is 5.32 Å². The monoisotopic (exact) mass is 308 g/mol. The van der Waals surface area contributed by atoms with Gasteiger partial charge in [0.1, 0.15) is 6.17 Å². The van der Waals surface area contributed by atoms with Gasteiger partial charge in [-0.15, -0.1) is 0 Å². The minimum Gasteiger partial charge on any atom is -0.321 e. The van der Waals surface area contributed by atoms with Gasteiger partial charge in [0.15, 0.2) is 0 Å². The first-order valence-corrected chi connectivity index (χ1v) is 8.95. The van der Waals surface area contributed by atoms with E-state index < -0.39 is 10.8 Å². The van der Waals surface area contributed by atoms with Gasteiger partial charge >= 0.3 is 0 Å². The first kappa shape index (κ1) is 16.2. The molecule has 1 fully saturated rings. The average molecular weight is 308 g/mol. The van der Waals surface area contributed by atoms with Crippen molar-refractivity contribution in [1.29, 1.82) is 0 Å². The zero-order valence-corrected chi connectivity index (χ0v) is 14.0. The van der Waals surface area contributed by atoms with Crippen LogP contribution in [0.25, 0.3) is 0 Å². The molecule has 1 aromatic carbocycles. The summed E-state index contributed by atoms with van der Waals surface area (Å²) in [7, 11) is -0.885. The number of benzene rings is 1. The van der Waals surface area contributed by atoms with E-state index in [1.807, 2.05) is 0 Å². The van der Waals surface area contributed by atoms with Crippen molar-refractivity contribution in [3.8, 4) is 0 Å². The van der Waals surface area contributed by atoms with E-state index in [-0.39, 0.29) is 17.5 Å². The standard InChI is InChI=1S/C16H24N2O2S/c1-16(2,3)13-7-5-12(6-8-13)15-17-11-14(19)18(15)9-10-21(4)20/h5-8,15,17H,9-11H2,1-4H3. The minimum atomic E-state index is -0.885. The molecule has 1 amide bonds. The first-order valence-electron chi connectivity index (χ1n) is 7.22. The summed E-state index contributed by atoms with van der Waals surface area (Å²) in [5, 5.41) is 3.23. The summed E-state index contributed by atoms with van der Waals surface area (Å²) in [5.74, 6) is 0.592. The highest BCUT2D eigenvalue weighted by atomic mass is 32.2. The zero-order chi connectivity index (χ0) is 15.6. The van der Waals surface area contributed by atoms with Crippen LogP contribution in [0.15, 0.2) is 24.3 Å². The molecule has 2 unspecified atom stereocenters. The van der Waals surface area contributed by atoms with Gasteiger partial charge in [-0.3, -0.25) is 14.3 Å². The Morgan fingerprint density at radius 1 is 1.29 bits per heavy atom. The Balaban J connectivity index is 2.16. The van der Waals surface area contributed by atoms with Crippen LogP contribution in [0, 0.1) is 0 Å². The van der Waals surface area contributed by atoms with Gasteiger partial charge in [-0.2, -0.15) is 0 Å². The fourth-order valence-corrected chi connectivity index (χ4v) is 2.94. The molecule has 0 spiro atoms. The minimum absolute atomic E-state index is 0.0744. The predicted molar refractivity (Wildman–Crippen MR) is 86.5 cm³/mol. The van der Waals surface area contributed by atoms with Crippen molar-refractivity contribution in [3.63, 3.8) is 0 Å². The molecule has 1 heterocycles. The van der Waals surface area contributed by atoms with Gasteiger partial charge in [-0.25, -0.2) is 0 Å². The first-order chi connectivity index (χ1) is 9.79. The van der Waals surface area contributed by atoms with E-state index >= 15 is 0 Å². The van der Waals surface area contributed by atoms with Crippen LogP contribution in [0.1, 0.15) is 38.1 Å². The second-order valence-electron chi connectivity index (χ2n) is 6.52. The topological polar surface area (TPSA) is 49.4 Å². The number of rotatable bonds is 4. The summed E-state index contributed by atoms with van der Waals surface area (Å²) in [5.41, 5.74) is 2.48. The van der Waals surface area contributed by atoms with E-state index in [9.17, 15) is 9.00 Å². The Bertz CT molecular complexity index is 534. The van der Waals surface area contributed by atoms with Gasteiger partial charge in [0, 0.05) is 29.4 Å². The third kappa shape index (κ3) is 3.92. The molecule has 1 saturated heterocycles. The maximum absolute atomic E-state index is 12.0. The van der Waals surface area contributed by atoms with Crippen molar-refractivity contribution in [2.45, 2.75) is 32.4 Å². The summed E-state index contributed by atoms with van der Waals surface area (Å²) >= 11 is 0. The van der Waals surface area contributed by atoms with Gasteiger partial charge in [0.25, 0.3) is 0 Å². The van der Waals surface area contributed by atoms with E-state index in [1.165, 1.54) is 5.56 Å². The SMILES string of the molecule is CS(=O)CCN1C(=O)CNC1c1ccc(C(C)(C)C)cc1. The summed E-state index contributed by atoms with van der Waals surface area (Å²) in [6.45, 7) is 7.43. The van der Waals surface area contributed by atoms with Gasteiger partial charge < -0.3 is 4.90 Å². The second kappa shape index (κ2) is 6.28. The van der Waals surface area contributed by atoms with E-state index in [1.54, 1.807) is 11.2 Å². The lowest BCUT2D eigenvalue weighted by atomic mass is 9.86. The third-order valence-corrected chi connectivity index (χ3v) is 4.55. The molecule has 5 heteroatoms. The molecule has 2 rings (SSSR count). The Morgan fingerprint density at radius 2 is 1.90 bits per heavy atom. The Labute approximate surface area is 129 Å². The van der Waals surface area contributed by atoms with Crippen molar-refractivity contribution >= 4 is 16.7 Å². The molecule has 0 radical (unpaired) electrons. The molecule has 0 aliphatic carbocycles. The highest BCUT2D eigenvalue weighted by Crippen LogP contribution is 2.26. The number of carbonyl (C=O) groups is 1. The normalized spacial score (nSPS) is 20.9. The van der Waals surface area contributed by atoms with E-state index in [0.29, 0.717) is 18.8 Å². The summed E-state index contributed by atoms with van der Waals surface area (Å²) in [6.07, 6.45) is 1.57. The average Bonchev–Trinajstić information content (AvgIpc) is 2.77. The van der Waals surface area contributed by atoms with Crippen molar-refractivity contribution in [1.82, 2.24) is 10.2 Å². The van der Waals surface area contributed by atoms with Gasteiger partial charge in [-0.1, -0.05) is 45.0 Å². The molecule has 0 saturated carbocycles. The van der Waals surface area contributed by atoms with E-state index in [4.69, 9.17) is 0 Å². The lowest BCUT2D eigenvalue weighted by molar-refractivity contribution is -0.127. The summed E-state index contributed by atoms with van der Waals surface area (Å²) < 4.78 is 11.3. The van der Waals surface area contributed by atoms with Gasteiger partial charge in [0.2, 0.25) is 5.91 Å². The molecule has 1 aliphatic heterocycles. The van der Waals surface area contributed by atoms with Gasteiger partial charge in [0.05, 0.1) is 6.54 Å².